The summed E-state index contributed by atoms with van der Waals surface area (Å²) >= 11 is 1.20. The fourth-order valence-corrected chi connectivity index (χ4v) is 0.619. The predicted molar refractivity (Wildman–Crippen MR) is 36.6 cm³/mol. The summed E-state index contributed by atoms with van der Waals surface area (Å²) in [5.41, 5.74) is 0. The van der Waals surface area contributed by atoms with Crippen molar-refractivity contribution in [1.29, 1.82) is 0 Å². The molecule has 0 aliphatic heterocycles. The molecule has 1 amide bonds. The van der Waals surface area contributed by atoms with Crippen molar-refractivity contribution in [3.63, 3.8) is 0 Å². The van der Waals surface area contributed by atoms with Gasteiger partial charge >= 0.3 is 0 Å². The van der Waals surface area contributed by atoms with Gasteiger partial charge in [0.25, 0.3) is 5.24 Å². The molecule has 47 valence electrons. The standard InChI is InChI=1S/C5H10NOS/c1-4-8-5(7)6(2)3/h4H,1-3H3. The van der Waals surface area contributed by atoms with Crippen LogP contribution >= 0.6 is 11.8 Å². The van der Waals surface area contributed by atoms with Crippen molar-refractivity contribution in [2.45, 2.75) is 6.92 Å². The van der Waals surface area contributed by atoms with Crippen molar-refractivity contribution in [3.8, 4) is 0 Å². The summed E-state index contributed by atoms with van der Waals surface area (Å²) in [4.78, 5) is 12.1. The van der Waals surface area contributed by atoms with Crippen molar-refractivity contribution < 1.29 is 4.79 Å². The molecule has 2 nitrogen and oxygen atoms in total. The number of amides is 1. The summed E-state index contributed by atoms with van der Waals surface area (Å²) in [6, 6.07) is 0. The Bertz CT molecular complexity index is 82.5. The molecule has 8 heavy (non-hydrogen) atoms. The second-order valence-corrected chi connectivity index (χ2v) is 2.57. The van der Waals surface area contributed by atoms with Gasteiger partial charge in [0.15, 0.2) is 0 Å². The van der Waals surface area contributed by atoms with Gasteiger partial charge in [-0.1, -0.05) is 18.7 Å². The normalized spacial score (nSPS) is 8.88. The Kier molecular flexibility index (Phi) is 3.69. The molecule has 0 rings (SSSR count). The highest BCUT2D eigenvalue weighted by Crippen LogP contribution is 2.07. The van der Waals surface area contributed by atoms with E-state index in [2.05, 4.69) is 0 Å². The highest BCUT2D eigenvalue weighted by atomic mass is 32.2. The zero-order chi connectivity index (χ0) is 6.57. The van der Waals surface area contributed by atoms with Gasteiger partial charge in [-0.15, -0.1) is 0 Å². The molecule has 0 aliphatic rings. The van der Waals surface area contributed by atoms with Crippen LogP contribution in [-0.4, -0.2) is 24.2 Å². The SMILES string of the molecule is C[CH]SC(=O)N(C)C. The molecule has 0 N–H and O–H groups in total. The fourth-order valence-electron chi connectivity index (χ4n) is 0.206. The highest BCUT2D eigenvalue weighted by molar-refractivity contribution is 8.15. The largest absolute Gasteiger partial charge is 0.340 e. The Balaban J connectivity index is 3.33. The molecule has 0 aliphatic carbocycles. The van der Waals surface area contributed by atoms with E-state index < -0.39 is 0 Å². The zero-order valence-electron chi connectivity index (χ0n) is 5.34. The Morgan fingerprint density at radius 1 is 1.62 bits per heavy atom. The molecule has 0 spiro atoms. The quantitative estimate of drug-likeness (QED) is 0.540. The first-order chi connectivity index (χ1) is 3.68. The summed E-state index contributed by atoms with van der Waals surface area (Å²) in [5, 5.41) is 0.0764. The third-order valence-corrected chi connectivity index (χ3v) is 1.39. The molecule has 0 bridgehead atoms. The molecule has 0 saturated carbocycles. The van der Waals surface area contributed by atoms with Crippen LogP contribution in [0.3, 0.4) is 0 Å². The Hall–Kier alpha value is -0.180. The van der Waals surface area contributed by atoms with Crippen LogP contribution < -0.4 is 0 Å². The third kappa shape index (κ3) is 2.91. The Morgan fingerprint density at radius 2 is 2.12 bits per heavy atom. The topological polar surface area (TPSA) is 20.3 Å². The van der Waals surface area contributed by atoms with Crippen LogP contribution in [0.2, 0.25) is 0 Å². The number of rotatable bonds is 1. The van der Waals surface area contributed by atoms with E-state index in [4.69, 9.17) is 0 Å². The van der Waals surface area contributed by atoms with Crippen LogP contribution in [0.4, 0.5) is 4.79 Å². The first-order valence-electron chi connectivity index (χ1n) is 2.34. The monoisotopic (exact) mass is 132 g/mol. The Morgan fingerprint density at radius 3 is 2.25 bits per heavy atom. The van der Waals surface area contributed by atoms with Crippen LogP contribution in [0, 0.1) is 5.75 Å². The minimum absolute atomic E-state index is 0.0764. The fraction of sp³-hybridized carbons (Fsp3) is 0.600. The lowest BCUT2D eigenvalue weighted by molar-refractivity contribution is 0.241. The van der Waals surface area contributed by atoms with E-state index in [0.717, 1.165) is 0 Å². The lowest BCUT2D eigenvalue weighted by Crippen LogP contribution is -2.15. The summed E-state index contributed by atoms with van der Waals surface area (Å²) in [6.45, 7) is 1.84. The number of nitrogens with zero attached hydrogens (tertiary/aromatic N) is 1. The number of carbonyl (C=O) groups excluding carboxylic acids is 1. The first-order valence-corrected chi connectivity index (χ1v) is 3.22. The molecule has 0 aromatic rings. The molecule has 0 fully saturated rings. The third-order valence-electron chi connectivity index (χ3n) is 0.584. The molecule has 0 atom stereocenters. The van der Waals surface area contributed by atoms with E-state index in [0.29, 0.717) is 0 Å². The second kappa shape index (κ2) is 3.78. The lowest BCUT2D eigenvalue weighted by Gasteiger charge is -2.06. The van der Waals surface area contributed by atoms with Gasteiger partial charge in [-0.25, -0.2) is 0 Å². The van der Waals surface area contributed by atoms with E-state index in [1.54, 1.807) is 24.7 Å². The molecule has 0 saturated heterocycles. The van der Waals surface area contributed by atoms with E-state index in [1.165, 1.54) is 11.8 Å². The number of hydrogen-bond acceptors (Lipinski definition) is 2. The molecule has 0 unspecified atom stereocenters. The maximum Gasteiger partial charge on any atom is 0.281 e. The number of carbonyl (C=O) groups is 1. The van der Waals surface area contributed by atoms with Crippen LogP contribution in [0.1, 0.15) is 6.92 Å². The van der Waals surface area contributed by atoms with Gasteiger partial charge in [-0.3, -0.25) is 4.79 Å². The van der Waals surface area contributed by atoms with Gasteiger partial charge in [0.1, 0.15) is 0 Å². The number of thioether (sulfide) groups is 1. The average Bonchev–Trinajstić information content (AvgIpc) is 1.67. The van der Waals surface area contributed by atoms with Crippen LogP contribution in [-0.2, 0) is 0 Å². The second-order valence-electron chi connectivity index (χ2n) is 1.51. The van der Waals surface area contributed by atoms with E-state index in [9.17, 15) is 4.79 Å². The summed E-state index contributed by atoms with van der Waals surface area (Å²) in [5.74, 6) is 1.77. The number of hydrogen-bond donors (Lipinski definition) is 0. The molecular formula is C5H10NOS. The predicted octanol–water partition coefficient (Wildman–Crippen LogP) is 1.58. The summed E-state index contributed by atoms with van der Waals surface area (Å²) in [7, 11) is 3.47. The van der Waals surface area contributed by atoms with Crippen molar-refractivity contribution in [1.82, 2.24) is 4.90 Å². The van der Waals surface area contributed by atoms with Gasteiger partial charge < -0.3 is 4.90 Å². The molecule has 3 heteroatoms. The van der Waals surface area contributed by atoms with Gasteiger partial charge in [0.05, 0.1) is 0 Å². The molecular weight excluding hydrogens is 122 g/mol. The maximum atomic E-state index is 10.6. The van der Waals surface area contributed by atoms with Gasteiger partial charge in [-0.2, -0.15) is 0 Å². The summed E-state index contributed by atoms with van der Waals surface area (Å²) in [6.07, 6.45) is 0. The van der Waals surface area contributed by atoms with Gasteiger partial charge in [-0.05, 0) is 0 Å². The van der Waals surface area contributed by atoms with E-state index >= 15 is 0 Å². The Labute approximate surface area is 54.2 Å². The lowest BCUT2D eigenvalue weighted by atomic mass is 11.0. The van der Waals surface area contributed by atoms with Crippen molar-refractivity contribution in [2.75, 3.05) is 14.1 Å². The van der Waals surface area contributed by atoms with E-state index in [-0.39, 0.29) is 5.24 Å². The molecule has 0 aromatic carbocycles. The average molecular weight is 132 g/mol. The highest BCUT2D eigenvalue weighted by Gasteiger charge is 1.99. The minimum Gasteiger partial charge on any atom is -0.340 e. The van der Waals surface area contributed by atoms with Crippen molar-refractivity contribution in [3.05, 3.63) is 5.75 Å². The van der Waals surface area contributed by atoms with Crippen LogP contribution in [0.25, 0.3) is 0 Å². The first kappa shape index (κ1) is 7.82. The van der Waals surface area contributed by atoms with Crippen LogP contribution in [0.5, 0.6) is 0 Å². The molecule has 1 radical (unpaired) electrons. The molecule has 0 aromatic heterocycles. The van der Waals surface area contributed by atoms with E-state index in [1.807, 2.05) is 6.92 Å². The summed E-state index contributed by atoms with van der Waals surface area (Å²) < 4.78 is 0. The van der Waals surface area contributed by atoms with Crippen LogP contribution in [0.15, 0.2) is 0 Å². The smallest absolute Gasteiger partial charge is 0.281 e. The van der Waals surface area contributed by atoms with Gasteiger partial charge in [0.2, 0.25) is 0 Å². The van der Waals surface area contributed by atoms with Gasteiger partial charge in [0, 0.05) is 19.8 Å². The van der Waals surface area contributed by atoms with Crippen molar-refractivity contribution >= 4 is 17.0 Å². The maximum absolute atomic E-state index is 10.6. The zero-order valence-corrected chi connectivity index (χ0v) is 6.16. The van der Waals surface area contributed by atoms with Crippen molar-refractivity contribution in [2.24, 2.45) is 0 Å². The molecule has 0 heterocycles. The minimum atomic E-state index is 0.0764.